The third kappa shape index (κ3) is 14.3. The number of hydrogen-bond donors (Lipinski definition) is 2. The van der Waals surface area contributed by atoms with Crippen LogP contribution in [0.4, 0.5) is 11.4 Å². The van der Waals surface area contributed by atoms with Gasteiger partial charge in [0.1, 0.15) is 17.2 Å². The highest BCUT2D eigenvalue weighted by Gasteiger charge is 2.22. The van der Waals surface area contributed by atoms with Crippen molar-refractivity contribution in [1.29, 1.82) is 0 Å². The lowest BCUT2D eigenvalue weighted by Gasteiger charge is -2.09. The Bertz CT molecular complexity index is 1750. The molecular weight excluding hydrogens is 663 g/mol. The Morgan fingerprint density at radius 1 is 0.623 bits per heavy atom. The molecule has 8 nitrogen and oxygen atoms in total. The normalized spacial score (nSPS) is 11.5. The zero-order valence-corrected chi connectivity index (χ0v) is 31.6. The maximum atomic E-state index is 13.2. The summed E-state index contributed by atoms with van der Waals surface area (Å²) in [6.07, 6.45) is 26.4. The summed E-state index contributed by atoms with van der Waals surface area (Å²) in [5.74, 6) is 1.61. The van der Waals surface area contributed by atoms with Crippen LogP contribution in [0.25, 0.3) is 22.4 Å². The van der Waals surface area contributed by atoms with Gasteiger partial charge < -0.3 is 24.6 Å². The molecule has 2 amide bonds. The second-order valence-electron chi connectivity index (χ2n) is 13.0. The van der Waals surface area contributed by atoms with Gasteiger partial charge in [-0.1, -0.05) is 73.5 Å². The average molecular weight is 718 g/mol. The number of ether oxygens (including phenoxy) is 2. The molecular formula is C45H55N3O5. The highest BCUT2D eigenvalue weighted by atomic mass is 16.5. The average Bonchev–Trinajstić information content (AvgIpc) is 3.59. The second kappa shape index (κ2) is 23.2. The van der Waals surface area contributed by atoms with Gasteiger partial charge in [0.25, 0.3) is 0 Å². The van der Waals surface area contributed by atoms with Gasteiger partial charge in [-0.15, -0.1) is 0 Å². The van der Waals surface area contributed by atoms with E-state index in [4.69, 9.17) is 14.0 Å². The monoisotopic (exact) mass is 717 g/mol. The maximum absolute atomic E-state index is 13.2. The molecule has 0 atom stereocenters. The minimum Gasteiger partial charge on any atom is -0.497 e. The van der Waals surface area contributed by atoms with E-state index < -0.39 is 0 Å². The number of anilines is 2. The minimum atomic E-state index is -0.254. The molecule has 0 fully saturated rings. The lowest BCUT2D eigenvalue weighted by Crippen LogP contribution is -2.15. The highest BCUT2D eigenvalue weighted by Crippen LogP contribution is 2.36. The van der Waals surface area contributed by atoms with Crippen LogP contribution in [0.1, 0.15) is 89.7 Å². The Morgan fingerprint density at radius 2 is 1.11 bits per heavy atom. The van der Waals surface area contributed by atoms with Gasteiger partial charge in [-0.05, 0) is 124 Å². The summed E-state index contributed by atoms with van der Waals surface area (Å²) in [5.41, 5.74) is 4.34. The molecule has 0 radical (unpaired) electrons. The van der Waals surface area contributed by atoms with Crippen LogP contribution in [0.15, 0.2) is 114 Å². The lowest BCUT2D eigenvalue weighted by molar-refractivity contribution is -0.117. The molecule has 0 aliphatic heterocycles. The number of carbonyl (C=O) groups excluding carboxylic acids is 2. The molecule has 1 aromatic heterocycles. The zero-order chi connectivity index (χ0) is 37.5. The fourth-order valence-corrected chi connectivity index (χ4v) is 5.82. The number of rotatable bonds is 23. The van der Waals surface area contributed by atoms with Gasteiger partial charge in [-0.2, -0.15) is 0 Å². The molecule has 53 heavy (non-hydrogen) atoms. The third-order valence-corrected chi connectivity index (χ3v) is 8.79. The van der Waals surface area contributed by atoms with E-state index in [0.29, 0.717) is 29.2 Å². The van der Waals surface area contributed by atoms with E-state index in [1.807, 2.05) is 48.5 Å². The molecule has 0 saturated heterocycles. The molecule has 0 aliphatic carbocycles. The number of amides is 2. The standard InChI is InChI=1S/C45H55N3O5/c1-4-5-6-7-8-9-10-11-12-13-14-15-16-17-18-19-20-21-42(49)46-37-26-28-38(29-27-37)47-43(50)34-41-44(35-22-30-39(51-2)31-23-35)45(48-53-41)36-24-32-40(52-3)33-25-36/h8-9,11-12,17-18,22-33H,4-7,10,13-16,19-21,34H2,1-3H3,(H,46,49)(H,47,50)/b9-8-,12-11-,18-17-. The predicted molar refractivity (Wildman–Crippen MR) is 216 cm³/mol. The molecule has 0 aliphatic rings. The molecule has 0 saturated carbocycles. The van der Waals surface area contributed by atoms with E-state index in [9.17, 15) is 9.59 Å². The van der Waals surface area contributed by atoms with Crippen molar-refractivity contribution in [2.24, 2.45) is 0 Å². The zero-order valence-electron chi connectivity index (χ0n) is 31.6. The first-order chi connectivity index (χ1) is 26.0. The lowest BCUT2D eigenvalue weighted by atomic mass is 9.97. The molecule has 3 aromatic carbocycles. The SMILES string of the molecule is CCCCC/C=C\C/C=C\CCCC/C=C\CCCC(=O)Nc1ccc(NC(=O)Cc2onc(-c3ccc(OC)cc3)c2-c2ccc(OC)cc2)cc1. The number of benzene rings is 3. The smallest absolute Gasteiger partial charge is 0.232 e. The van der Waals surface area contributed by atoms with Crippen LogP contribution < -0.4 is 20.1 Å². The van der Waals surface area contributed by atoms with E-state index in [1.165, 1.54) is 38.5 Å². The van der Waals surface area contributed by atoms with Crippen molar-refractivity contribution in [3.8, 4) is 33.9 Å². The van der Waals surface area contributed by atoms with Crippen LogP contribution in [0.2, 0.25) is 0 Å². The van der Waals surface area contributed by atoms with Crippen LogP contribution in [0.3, 0.4) is 0 Å². The van der Waals surface area contributed by atoms with Gasteiger partial charge in [0.15, 0.2) is 5.76 Å². The fraction of sp³-hybridized carbons (Fsp3) is 0.356. The summed E-state index contributed by atoms with van der Waals surface area (Å²) in [6, 6.07) is 22.2. The molecule has 0 unspecified atom stereocenters. The topological polar surface area (TPSA) is 103 Å². The molecule has 8 heteroatoms. The Labute approximate surface area is 315 Å². The summed E-state index contributed by atoms with van der Waals surface area (Å²) in [5, 5.41) is 10.2. The van der Waals surface area contributed by atoms with E-state index in [-0.39, 0.29) is 18.2 Å². The summed E-state index contributed by atoms with van der Waals surface area (Å²) >= 11 is 0. The van der Waals surface area contributed by atoms with E-state index in [2.05, 4.69) is 59.2 Å². The number of aromatic nitrogens is 1. The van der Waals surface area contributed by atoms with Gasteiger partial charge in [0.2, 0.25) is 11.8 Å². The van der Waals surface area contributed by atoms with Gasteiger partial charge >= 0.3 is 0 Å². The largest absolute Gasteiger partial charge is 0.497 e. The van der Waals surface area contributed by atoms with E-state index in [0.717, 1.165) is 60.3 Å². The number of nitrogens with one attached hydrogen (secondary N) is 2. The molecule has 1 heterocycles. The second-order valence-corrected chi connectivity index (χ2v) is 13.0. The van der Waals surface area contributed by atoms with E-state index in [1.54, 1.807) is 38.5 Å². The maximum Gasteiger partial charge on any atom is 0.232 e. The molecule has 0 bridgehead atoms. The van der Waals surface area contributed by atoms with E-state index >= 15 is 0 Å². The van der Waals surface area contributed by atoms with Crippen LogP contribution in [0.5, 0.6) is 11.5 Å². The van der Waals surface area contributed by atoms with Crippen molar-refractivity contribution in [2.45, 2.75) is 90.4 Å². The Balaban J connectivity index is 1.17. The summed E-state index contributed by atoms with van der Waals surface area (Å²) < 4.78 is 16.4. The van der Waals surface area contributed by atoms with Crippen molar-refractivity contribution in [3.05, 3.63) is 115 Å². The highest BCUT2D eigenvalue weighted by molar-refractivity contribution is 5.95. The Hall–Kier alpha value is -5.37. The fourth-order valence-electron chi connectivity index (χ4n) is 5.82. The third-order valence-electron chi connectivity index (χ3n) is 8.79. The van der Waals surface area contributed by atoms with Crippen molar-refractivity contribution in [3.63, 3.8) is 0 Å². The predicted octanol–water partition coefficient (Wildman–Crippen LogP) is 11.5. The van der Waals surface area contributed by atoms with Crippen LogP contribution in [-0.4, -0.2) is 31.2 Å². The quantitative estimate of drug-likeness (QED) is 0.0585. The summed E-state index contributed by atoms with van der Waals surface area (Å²) in [7, 11) is 3.23. The van der Waals surface area contributed by atoms with Gasteiger partial charge in [0.05, 0.1) is 26.2 Å². The van der Waals surface area contributed by atoms with Crippen molar-refractivity contribution in [1.82, 2.24) is 5.16 Å². The van der Waals surface area contributed by atoms with Gasteiger partial charge in [-0.25, -0.2) is 0 Å². The molecule has 280 valence electrons. The number of hydrogen-bond acceptors (Lipinski definition) is 6. The number of methoxy groups -OCH3 is 2. The minimum absolute atomic E-state index is 0.0217. The number of allylic oxidation sites excluding steroid dienone is 6. The van der Waals surface area contributed by atoms with Gasteiger partial charge in [-0.3, -0.25) is 9.59 Å². The first-order valence-electron chi connectivity index (χ1n) is 18.9. The number of unbranched alkanes of at least 4 members (excludes halogenated alkanes) is 7. The summed E-state index contributed by atoms with van der Waals surface area (Å²) in [6.45, 7) is 2.24. The van der Waals surface area contributed by atoms with Crippen LogP contribution in [0, 0.1) is 0 Å². The molecule has 0 spiro atoms. The van der Waals surface area contributed by atoms with Crippen molar-refractivity contribution in [2.75, 3.05) is 24.9 Å². The first kappa shape index (κ1) is 40.4. The Morgan fingerprint density at radius 3 is 1.66 bits per heavy atom. The van der Waals surface area contributed by atoms with Crippen LogP contribution >= 0.6 is 0 Å². The molecule has 2 N–H and O–H groups in total. The molecule has 4 rings (SSSR count). The number of carbonyl (C=O) groups is 2. The molecule has 4 aromatic rings. The van der Waals surface area contributed by atoms with Crippen LogP contribution in [-0.2, 0) is 16.0 Å². The first-order valence-corrected chi connectivity index (χ1v) is 18.9. The van der Waals surface area contributed by atoms with Crippen molar-refractivity contribution < 1.29 is 23.6 Å². The van der Waals surface area contributed by atoms with Gasteiger partial charge in [0, 0.05) is 23.4 Å². The Kier molecular flexibility index (Phi) is 17.7. The van der Waals surface area contributed by atoms with Crippen molar-refractivity contribution >= 4 is 23.2 Å². The summed E-state index contributed by atoms with van der Waals surface area (Å²) in [4.78, 5) is 25.7. The number of nitrogens with zero attached hydrogens (tertiary/aromatic N) is 1.